The molecule has 0 aliphatic carbocycles. The Bertz CT molecular complexity index is 398. The third-order valence-electron chi connectivity index (χ3n) is 3.28. The summed E-state index contributed by atoms with van der Waals surface area (Å²) >= 11 is 0. The summed E-state index contributed by atoms with van der Waals surface area (Å²) < 4.78 is 13.7. The summed E-state index contributed by atoms with van der Waals surface area (Å²) in [5, 5.41) is 3.46. The highest BCUT2D eigenvalue weighted by molar-refractivity contribution is 5.51. The van der Waals surface area contributed by atoms with Gasteiger partial charge < -0.3 is 5.32 Å². The quantitative estimate of drug-likeness (QED) is 0.803. The van der Waals surface area contributed by atoms with E-state index in [0.29, 0.717) is 11.6 Å². The summed E-state index contributed by atoms with van der Waals surface area (Å²) in [6.45, 7) is 6.79. The van der Waals surface area contributed by atoms with Crippen LogP contribution in [0.3, 0.4) is 0 Å². The van der Waals surface area contributed by atoms with E-state index in [1.807, 2.05) is 6.07 Å². The molecule has 1 atom stereocenters. The number of hydrogen-bond donors (Lipinski definition) is 1. The van der Waals surface area contributed by atoms with Crippen molar-refractivity contribution in [3.63, 3.8) is 0 Å². The fraction of sp³-hybridized carbons (Fsp3) is 0.429. The number of aryl methyl sites for hydroxylation is 1. The van der Waals surface area contributed by atoms with Crippen molar-refractivity contribution < 1.29 is 4.39 Å². The molecule has 0 aromatic heterocycles. The van der Waals surface area contributed by atoms with Crippen molar-refractivity contribution in [2.75, 3.05) is 6.54 Å². The van der Waals surface area contributed by atoms with E-state index >= 15 is 0 Å². The standard InChI is InChI=1S/C14H18FN/c1-3-10-8-11-6-5-7-16-14(4-2)12(11)9-13(10)15/h3,8-9,14,16H,1,4-7H2,2H3. The minimum Gasteiger partial charge on any atom is -0.310 e. The van der Waals surface area contributed by atoms with Crippen molar-refractivity contribution >= 4 is 6.08 Å². The summed E-state index contributed by atoms with van der Waals surface area (Å²) in [6.07, 6.45) is 4.74. The fourth-order valence-corrected chi connectivity index (χ4v) is 2.38. The first-order valence-corrected chi connectivity index (χ1v) is 5.94. The van der Waals surface area contributed by atoms with Crippen LogP contribution >= 0.6 is 0 Å². The second kappa shape index (κ2) is 4.79. The molecule has 0 fully saturated rings. The lowest BCUT2D eigenvalue weighted by Crippen LogP contribution is -2.20. The van der Waals surface area contributed by atoms with Gasteiger partial charge in [-0.2, -0.15) is 0 Å². The zero-order chi connectivity index (χ0) is 11.5. The van der Waals surface area contributed by atoms with E-state index in [1.54, 1.807) is 12.1 Å². The maximum atomic E-state index is 13.7. The van der Waals surface area contributed by atoms with Crippen LogP contribution < -0.4 is 5.32 Å². The Morgan fingerprint density at radius 1 is 1.56 bits per heavy atom. The van der Waals surface area contributed by atoms with Crippen LogP contribution in [0.5, 0.6) is 0 Å². The molecule has 1 nitrogen and oxygen atoms in total. The lowest BCUT2D eigenvalue weighted by atomic mass is 9.95. The van der Waals surface area contributed by atoms with E-state index in [0.717, 1.165) is 31.4 Å². The molecule has 0 spiro atoms. The van der Waals surface area contributed by atoms with Crippen LogP contribution in [0.15, 0.2) is 18.7 Å². The van der Waals surface area contributed by atoms with E-state index < -0.39 is 0 Å². The van der Waals surface area contributed by atoms with Crippen LogP contribution in [0.4, 0.5) is 4.39 Å². The van der Waals surface area contributed by atoms with Gasteiger partial charge >= 0.3 is 0 Å². The molecule has 0 bridgehead atoms. The van der Waals surface area contributed by atoms with E-state index in [1.165, 1.54) is 5.56 Å². The van der Waals surface area contributed by atoms with E-state index in [-0.39, 0.29) is 5.82 Å². The van der Waals surface area contributed by atoms with Gasteiger partial charge in [0.15, 0.2) is 0 Å². The molecule has 1 N–H and O–H groups in total. The first kappa shape index (κ1) is 11.3. The molecule has 1 aliphatic heterocycles. The summed E-state index contributed by atoms with van der Waals surface area (Å²) in [6, 6.07) is 3.93. The lowest BCUT2D eigenvalue weighted by molar-refractivity contribution is 0.524. The molecule has 1 aromatic carbocycles. The maximum absolute atomic E-state index is 13.7. The van der Waals surface area contributed by atoms with Gasteiger partial charge in [-0.15, -0.1) is 0 Å². The summed E-state index contributed by atoms with van der Waals surface area (Å²) in [7, 11) is 0. The summed E-state index contributed by atoms with van der Waals surface area (Å²) in [5.41, 5.74) is 3.02. The van der Waals surface area contributed by atoms with Gasteiger partial charge in [0.2, 0.25) is 0 Å². The van der Waals surface area contributed by atoms with E-state index in [4.69, 9.17) is 0 Å². The molecule has 0 saturated carbocycles. The zero-order valence-corrected chi connectivity index (χ0v) is 9.72. The molecule has 86 valence electrons. The SMILES string of the molecule is C=Cc1cc2c(cc1F)C(CC)NCCC2. The Labute approximate surface area is 96.4 Å². The van der Waals surface area contributed by atoms with Gasteiger partial charge in [0.1, 0.15) is 5.82 Å². The fourth-order valence-electron chi connectivity index (χ4n) is 2.38. The topological polar surface area (TPSA) is 12.0 Å². The minimum atomic E-state index is -0.157. The van der Waals surface area contributed by atoms with Crippen molar-refractivity contribution in [1.82, 2.24) is 5.32 Å². The third kappa shape index (κ3) is 2.03. The predicted molar refractivity (Wildman–Crippen MR) is 65.8 cm³/mol. The van der Waals surface area contributed by atoms with Gasteiger partial charge in [0, 0.05) is 11.6 Å². The Hall–Kier alpha value is -1.15. The van der Waals surface area contributed by atoms with Gasteiger partial charge in [-0.3, -0.25) is 0 Å². The van der Waals surface area contributed by atoms with Crippen molar-refractivity contribution in [3.8, 4) is 0 Å². The smallest absolute Gasteiger partial charge is 0.130 e. The van der Waals surface area contributed by atoms with Crippen molar-refractivity contribution in [2.45, 2.75) is 32.2 Å². The summed E-state index contributed by atoms with van der Waals surface area (Å²) in [4.78, 5) is 0. The number of hydrogen-bond acceptors (Lipinski definition) is 1. The average Bonchev–Trinajstić information content (AvgIpc) is 2.49. The number of rotatable bonds is 2. The molecule has 1 aliphatic rings. The Kier molecular flexibility index (Phi) is 3.39. The molecular weight excluding hydrogens is 201 g/mol. The minimum absolute atomic E-state index is 0.157. The summed E-state index contributed by atoms with van der Waals surface area (Å²) in [5.74, 6) is -0.157. The predicted octanol–water partition coefficient (Wildman–Crippen LogP) is 3.46. The molecule has 2 heteroatoms. The number of halogens is 1. The Morgan fingerprint density at radius 2 is 2.38 bits per heavy atom. The normalized spacial score (nSPS) is 20.0. The monoisotopic (exact) mass is 219 g/mol. The van der Waals surface area contributed by atoms with Gasteiger partial charge in [-0.05, 0) is 49.1 Å². The van der Waals surface area contributed by atoms with Gasteiger partial charge in [-0.25, -0.2) is 4.39 Å². The first-order valence-electron chi connectivity index (χ1n) is 5.94. The van der Waals surface area contributed by atoms with E-state index in [9.17, 15) is 4.39 Å². The zero-order valence-electron chi connectivity index (χ0n) is 9.72. The maximum Gasteiger partial charge on any atom is 0.130 e. The van der Waals surface area contributed by atoms with Crippen LogP contribution in [0.25, 0.3) is 6.08 Å². The Balaban J connectivity index is 2.49. The van der Waals surface area contributed by atoms with Gasteiger partial charge in [0.05, 0.1) is 0 Å². The molecule has 16 heavy (non-hydrogen) atoms. The highest BCUT2D eigenvalue weighted by Crippen LogP contribution is 2.27. The molecular formula is C14H18FN. The molecule has 2 rings (SSSR count). The number of nitrogens with one attached hydrogen (secondary N) is 1. The van der Waals surface area contributed by atoms with Gasteiger partial charge in [-0.1, -0.05) is 19.6 Å². The van der Waals surface area contributed by atoms with Crippen molar-refractivity contribution in [3.05, 3.63) is 41.2 Å². The second-order valence-corrected chi connectivity index (χ2v) is 4.30. The van der Waals surface area contributed by atoms with Crippen LogP contribution in [0.2, 0.25) is 0 Å². The molecule has 0 radical (unpaired) electrons. The van der Waals surface area contributed by atoms with Crippen molar-refractivity contribution in [1.29, 1.82) is 0 Å². The molecule has 0 saturated heterocycles. The second-order valence-electron chi connectivity index (χ2n) is 4.30. The first-order chi connectivity index (χ1) is 7.76. The average molecular weight is 219 g/mol. The molecule has 1 heterocycles. The van der Waals surface area contributed by atoms with Crippen LogP contribution in [0, 0.1) is 5.82 Å². The van der Waals surface area contributed by atoms with E-state index in [2.05, 4.69) is 18.8 Å². The highest BCUT2D eigenvalue weighted by Gasteiger charge is 2.18. The largest absolute Gasteiger partial charge is 0.310 e. The van der Waals surface area contributed by atoms with Crippen LogP contribution in [-0.4, -0.2) is 6.54 Å². The van der Waals surface area contributed by atoms with Crippen molar-refractivity contribution in [2.24, 2.45) is 0 Å². The number of benzene rings is 1. The molecule has 1 unspecified atom stereocenters. The Morgan fingerprint density at radius 3 is 3.06 bits per heavy atom. The lowest BCUT2D eigenvalue weighted by Gasteiger charge is -2.17. The van der Waals surface area contributed by atoms with Crippen LogP contribution in [-0.2, 0) is 6.42 Å². The van der Waals surface area contributed by atoms with Gasteiger partial charge in [0.25, 0.3) is 0 Å². The molecule has 1 aromatic rings. The van der Waals surface area contributed by atoms with Crippen LogP contribution in [0.1, 0.15) is 42.5 Å². The third-order valence-corrected chi connectivity index (χ3v) is 3.28. The highest BCUT2D eigenvalue weighted by atomic mass is 19.1. The number of fused-ring (bicyclic) bond motifs is 1. The molecule has 0 amide bonds.